The summed E-state index contributed by atoms with van der Waals surface area (Å²) in [5.41, 5.74) is 4.22. The molecule has 3 N–H and O–H groups in total. The number of aromatic carboxylic acids is 2. The van der Waals surface area contributed by atoms with Gasteiger partial charge in [0.1, 0.15) is 5.82 Å². The molecule has 6 nitrogen and oxygen atoms in total. The number of nitrogens with one attached hydrogen (secondary N) is 1. The number of H-pyrrole nitrogens is 1. The molecule has 0 spiro atoms. The van der Waals surface area contributed by atoms with Crippen molar-refractivity contribution in [2.45, 2.75) is 0 Å². The zero-order valence-electron chi connectivity index (χ0n) is 15.2. The van der Waals surface area contributed by atoms with Crippen LogP contribution in [0, 0.1) is 0 Å². The van der Waals surface area contributed by atoms with Crippen LogP contribution in [0.5, 0.6) is 0 Å². The zero-order valence-corrected chi connectivity index (χ0v) is 15.2. The van der Waals surface area contributed by atoms with Gasteiger partial charge in [0.05, 0.1) is 22.5 Å². The molecule has 0 saturated heterocycles. The van der Waals surface area contributed by atoms with Crippen LogP contribution >= 0.6 is 0 Å². The first-order valence-electron chi connectivity index (χ1n) is 8.86. The van der Waals surface area contributed by atoms with Gasteiger partial charge in [-0.3, -0.25) is 0 Å². The van der Waals surface area contributed by atoms with Crippen LogP contribution in [-0.2, 0) is 0 Å². The number of hydrogen-bond donors (Lipinski definition) is 3. The normalized spacial score (nSPS) is 10.6. The summed E-state index contributed by atoms with van der Waals surface area (Å²) in [7, 11) is 0. The van der Waals surface area contributed by atoms with Crippen LogP contribution in [0.4, 0.5) is 0 Å². The van der Waals surface area contributed by atoms with Crippen molar-refractivity contribution in [3.05, 3.63) is 90.0 Å². The van der Waals surface area contributed by atoms with Gasteiger partial charge >= 0.3 is 11.9 Å². The van der Waals surface area contributed by atoms with Gasteiger partial charge in [-0.1, -0.05) is 54.6 Å². The monoisotopic (exact) mass is 384 g/mol. The second-order valence-corrected chi connectivity index (χ2v) is 6.44. The Morgan fingerprint density at radius 1 is 0.655 bits per heavy atom. The molecule has 4 rings (SSSR count). The average molecular weight is 384 g/mol. The van der Waals surface area contributed by atoms with Gasteiger partial charge < -0.3 is 15.2 Å². The lowest BCUT2D eigenvalue weighted by Gasteiger charge is -2.04. The van der Waals surface area contributed by atoms with Crippen LogP contribution in [-0.4, -0.2) is 32.1 Å². The minimum Gasteiger partial charge on any atom is -0.478 e. The predicted molar refractivity (Wildman–Crippen MR) is 109 cm³/mol. The molecule has 0 aliphatic rings. The van der Waals surface area contributed by atoms with E-state index in [9.17, 15) is 9.59 Å². The summed E-state index contributed by atoms with van der Waals surface area (Å²) in [6, 6.07) is 22.6. The highest BCUT2D eigenvalue weighted by Crippen LogP contribution is 2.33. The molecule has 0 unspecified atom stereocenters. The molecule has 0 aliphatic carbocycles. The molecule has 0 fully saturated rings. The molecule has 0 aliphatic heterocycles. The van der Waals surface area contributed by atoms with Crippen LogP contribution < -0.4 is 0 Å². The number of rotatable bonds is 5. The summed E-state index contributed by atoms with van der Waals surface area (Å²) in [5, 5.41) is 18.3. The summed E-state index contributed by atoms with van der Waals surface area (Å²) < 4.78 is 0. The van der Waals surface area contributed by atoms with E-state index in [0.717, 1.165) is 22.4 Å². The molecule has 6 heteroatoms. The molecule has 142 valence electrons. The first kappa shape index (κ1) is 18.2. The number of benzene rings is 3. The van der Waals surface area contributed by atoms with E-state index in [1.54, 1.807) is 24.3 Å². The molecular formula is C23H16N2O4. The highest BCUT2D eigenvalue weighted by Gasteiger charge is 2.16. The Balaban J connectivity index is 1.85. The Labute approximate surface area is 166 Å². The van der Waals surface area contributed by atoms with Crippen molar-refractivity contribution in [1.82, 2.24) is 9.97 Å². The van der Waals surface area contributed by atoms with E-state index >= 15 is 0 Å². The molecule has 1 aromatic heterocycles. The van der Waals surface area contributed by atoms with E-state index in [1.807, 2.05) is 30.3 Å². The van der Waals surface area contributed by atoms with E-state index in [0.29, 0.717) is 11.5 Å². The Morgan fingerprint density at radius 3 is 1.69 bits per heavy atom. The van der Waals surface area contributed by atoms with Crippen molar-refractivity contribution in [2.24, 2.45) is 0 Å². The topological polar surface area (TPSA) is 103 Å². The van der Waals surface area contributed by atoms with Crippen molar-refractivity contribution in [1.29, 1.82) is 0 Å². The minimum atomic E-state index is -0.993. The van der Waals surface area contributed by atoms with E-state index in [2.05, 4.69) is 4.98 Å². The second kappa shape index (κ2) is 7.44. The summed E-state index contributed by atoms with van der Waals surface area (Å²) in [6.45, 7) is 0. The van der Waals surface area contributed by atoms with Crippen LogP contribution in [0.25, 0.3) is 33.9 Å². The standard InChI is InChI=1S/C23H16N2O4/c26-22(27)17-10-6-14(7-11-17)19-20(15-8-12-18(13-9-15)23(28)29)25-21(24-19)16-4-2-1-3-5-16/h1-13H,(H,24,25)(H,26,27)(H,28,29). The third-order valence-electron chi connectivity index (χ3n) is 4.58. The molecule has 1 heterocycles. The van der Waals surface area contributed by atoms with Crippen LogP contribution in [0.2, 0.25) is 0 Å². The van der Waals surface area contributed by atoms with E-state index < -0.39 is 11.9 Å². The lowest BCUT2D eigenvalue weighted by molar-refractivity contribution is 0.0686. The lowest BCUT2D eigenvalue weighted by atomic mass is 10.0. The van der Waals surface area contributed by atoms with Crippen LogP contribution in [0.15, 0.2) is 78.9 Å². The van der Waals surface area contributed by atoms with Crippen molar-refractivity contribution >= 4 is 11.9 Å². The number of aromatic amines is 1. The highest BCUT2D eigenvalue weighted by atomic mass is 16.4. The fourth-order valence-corrected chi connectivity index (χ4v) is 3.07. The van der Waals surface area contributed by atoms with E-state index in [1.165, 1.54) is 24.3 Å². The molecule has 4 aromatic rings. The largest absolute Gasteiger partial charge is 0.478 e. The lowest BCUT2D eigenvalue weighted by Crippen LogP contribution is -1.96. The Morgan fingerprint density at radius 2 is 1.17 bits per heavy atom. The molecule has 0 atom stereocenters. The maximum absolute atomic E-state index is 11.1. The smallest absolute Gasteiger partial charge is 0.335 e. The molecule has 0 amide bonds. The number of imidazole rings is 1. The maximum Gasteiger partial charge on any atom is 0.335 e. The first-order valence-corrected chi connectivity index (χ1v) is 8.86. The van der Waals surface area contributed by atoms with Gasteiger partial charge in [0.2, 0.25) is 0 Å². The number of hydrogen-bond acceptors (Lipinski definition) is 3. The molecular weight excluding hydrogens is 368 g/mol. The summed E-state index contributed by atoms with van der Waals surface area (Å²) >= 11 is 0. The first-order chi connectivity index (χ1) is 14.0. The number of carboxylic acids is 2. The fraction of sp³-hybridized carbons (Fsp3) is 0. The number of nitrogens with zero attached hydrogens (tertiary/aromatic N) is 1. The minimum absolute atomic E-state index is 0.194. The zero-order chi connectivity index (χ0) is 20.4. The molecule has 0 saturated carbocycles. The van der Waals surface area contributed by atoms with E-state index in [-0.39, 0.29) is 11.1 Å². The van der Waals surface area contributed by atoms with Crippen molar-refractivity contribution in [2.75, 3.05) is 0 Å². The SMILES string of the molecule is O=C(O)c1ccc(-c2nc(-c3ccccc3)[nH]c2-c2ccc(C(=O)O)cc2)cc1. The van der Waals surface area contributed by atoms with Gasteiger partial charge in [0.15, 0.2) is 0 Å². The quantitative estimate of drug-likeness (QED) is 0.458. The second-order valence-electron chi connectivity index (χ2n) is 6.44. The van der Waals surface area contributed by atoms with Crippen molar-refractivity contribution in [3.63, 3.8) is 0 Å². The van der Waals surface area contributed by atoms with Gasteiger partial charge in [0, 0.05) is 16.7 Å². The molecule has 29 heavy (non-hydrogen) atoms. The highest BCUT2D eigenvalue weighted by molar-refractivity contribution is 5.90. The van der Waals surface area contributed by atoms with Crippen molar-refractivity contribution < 1.29 is 19.8 Å². The van der Waals surface area contributed by atoms with Gasteiger partial charge in [-0.25, -0.2) is 14.6 Å². The Kier molecular flexibility index (Phi) is 4.66. The van der Waals surface area contributed by atoms with Crippen molar-refractivity contribution in [3.8, 4) is 33.9 Å². The van der Waals surface area contributed by atoms with Crippen LogP contribution in [0.1, 0.15) is 20.7 Å². The Hall–Kier alpha value is -4.19. The molecule has 3 aromatic carbocycles. The number of aromatic nitrogens is 2. The third kappa shape index (κ3) is 3.64. The maximum atomic E-state index is 11.1. The average Bonchev–Trinajstić information content (AvgIpc) is 3.20. The molecule has 0 radical (unpaired) electrons. The van der Waals surface area contributed by atoms with Gasteiger partial charge in [0.25, 0.3) is 0 Å². The number of carboxylic acid groups (broad SMARTS) is 2. The summed E-state index contributed by atoms with van der Waals surface area (Å²) in [5.74, 6) is -1.32. The fourth-order valence-electron chi connectivity index (χ4n) is 3.07. The van der Waals surface area contributed by atoms with Crippen LogP contribution in [0.3, 0.4) is 0 Å². The Bertz CT molecular complexity index is 1100. The van der Waals surface area contributed by atoms with Gasteiger partial charge in [-0.2, -0.15) is 0 Å². The number of carbonyl (C=O) groups is 2. The van der Waals surface area contributed by atoms with Gasteiger partial charge in [-0.05, 0) is 24.3 Å². The third-order valence-corrected chi connectivity index (χ3v) is 4.58. The molecule has 0 bridgehead atoms. The summed E-state index contributed by atoms with van der Waals surface area (Å²) in [4.78, 5) is 30.4. The van der Waals surface area contributed by atoms with Gasteiger partial charge in [-0.15, -0.1) is 0 Å². The van der Waals surface area contributed by atoms with E-state index in [4.69, 9.17) is 15.2 Å². The summed E-state index contributed by atoms with van der Waals surface area (Å²) in [6.07, 6.45) is 0. The predicted octanol–water partition coefficient (Wildman–Crippen LogP) is 4.81.